The van der Waals surface area contributed by atoms with E-state index in [0.29, 0.717) is 17.2 Å². The summed E-state index contributed by atoms with van der Waals surface area (Å²) < 4.78 is 12.9. The molecule has 0 fully saturated rings. The number of aromatic amines is 1. The zero-order chi connectivity index (χ0) is 9.42. The van der Waals surface area contributed by atoms with Gasteiger partial charge in [0.15, 0.2) is 6.29 Å². The van der Waals surface area contributed by atoms with Gasteiger partial charge >= 0.3 is 0 Å². The summed E-state index contributed by atoms with van der Waals surface area (Å²) in [7, 11) is 0. The van der Waals surface area contributed by atoms with E-state index in [9.17, 15) is 9.18 Å². The Morgan fingerprint density at radius 1 is 1.54 bits per heavy atom. The Morgan fingerprint density at radius 2 is 2.31 bits per heavy atom. The first-order valence-corrected chi connectivity index (χ1v) is 3.82. The van der Waals surface area contributed by atoms with E-state index in [-0.39, 0.29) is 5.56 Å². The van der Waals surface area contributed by atoms with Crippen molar-refractivity contribution in [3.05, 3.63) is 29.2 Å². The number of H-pyrrole nitrogens is 1. The second-order valence-electron chi connectivity index (χ2n) is 2.86. The van der Waals surface area contributed by atoms with Crippen molar-refractivity contribution in [2.24, 2.45) is 0 Å². The van der Waals surface area contributed by atoms with Crippen LogP contribution in [-0.2, 0) is 0 Å². The number of nitrogens with zero attached hydrogens (tertiary/aromatic N) is 1. The summed E-state index contributed by atoms with van der Waals surface area (Å²) in [6, 6.07) is 2.54. The molecule has 3 nitrogen and oxygen atoms in total. The lowest BCUT2D eigenvalue weighted by Crippen LogP contribution is -1.85. The number of halogens is 1. The third kappa shape index (κ3) is 1.11. The highest BCUT2D eigenvalue weighted by molar-refractivity contribution is 5.96. The van der Waals surface area contributed by atoms with E-state index in [1.54, 1.807) is 6.92 Å². The number of aryl methyl sites for hydroxylation is 1. The summed E-state index contributed by atoms with van der Waals surface area (Å²) in [6.45, 7) is 1.78. The van der Waals surface area contributed by atoms with Crippen LogP contribution in [0.4, 0.5) is 4.39 Å². The molecule has 0 atom stereocenters. The Hall–Kier alpha value is -1.71. The first kappa shape index (κ1) is 7.91. The Bertz CT molecular complexity index is 476. The topological polar surface area (TPSA) is 45.8 Å². The normalized spacial score (nSPS) is 10.6. The van der Waals surface area contributed by atoms with Crippen LogP contribution in [0.5, 0.6) is 0 Å². The third-order valence-corrected chi connectivity index (χ3v) is 1.97. The molecule has 2 rings (SSSR count). The van der Waals surface area contributed by atoms with Gasteiger partial charge in [0.25, 0.3) is 0 Å². The van der Waals surface area contributed by atoms with Crippen LogP contribution in [0, 0.1) is 12.7 Å². The minimum absolute atomic E-state index is 0.277. The summed E-state index contributed by atoms with van der Waals surface area (Å²) in [5, 5.41) is 7.26. The average molecular weight is 178 g/mol. The van der Waals surface area contributed by atoms with E-state index in [1.165, 1.54) is 12.1 Å². The largest absolute Gasteiger partial charge is 0.298 e. The van der Waals surface area contributed by atoms with Crippen molar-refractivity contribution in [1.82, 2.24) is 10.2 Å². The van der Waals surface area contributed by atoms with Gasteiger partial charge in [0.1, 0.15) is 11.3 Å². The van der Waals surface area contributed by atoms with Crippen molar-refractivity contribution >= 4 is 17.2 Å². The van der Waals surface area contributed by atoms with E-state index in [0.717, 1.165) is 5.69 Å². The van der Waals surface area contributed by atoms with Crippen molar-refractivity contribution in [3.8, 4) is 0 Å². The molecular formula is C9H7FN2O. The van der Waals surface area contributed by atoms with Gasteiger partial charge in [-0.3, -0.25) is 9.89 Å². The van der Waals surface area contributed by atoms with Gasteiger partial charge in [-0.25, -0.2) is 4.39 Å². The van der Waals surface area contributed by atoms with Gasteiger partial charge in [0, 0.05) is 16.6 Å². The zero-order valence-electron chi connectivity index (χ0n) is 6.97. The van der Waals surface area contributed by atoms with Crippen LogP contribution in [0.15, 0.2) is 12.1 Å². The molecule has 0 saturated carbocycles. The highest BCUT2D eigenvalue weighted by Gasteiger charge is 2.08. The van der Waals surface area contributed by atoms with Gasteiger partial charge in [-0.05, 0) is 19.1 Å². The number of carbonyl (C=O) groups is 1. The lowest BCUT2D eigenvalue weighted by molar-refractivity contribution is 0.112. The molecule has 0 amide bonds. The zero-order valence-corrected chi connectivity index (χ0v) is 6.97. The molecule has 1 heterocycles. The molecule has 1 aromatic heterocycles. The molecule has 1 aromatic carbocycles. The Morgan fingerprint density at radius 3 is 3.00 bits per heavy atom. The predicted octanol–water partition coefficient (Wildman–Crippen LogP) is 1.82. The number of benzene rings is 1. The number of nitrogens with one attached hydrogen (secondary N) is 1. The Balaban J connectivity index is 2.91. The summed E-state index contributed by atoms with van der Waals surface area (Å²) >= 11 is 0. The summed E-state index contributed by atoms with van der Waals surface area (Å²) in [4.78, 5) is 10.6. The highest BCUT2D eigenvalue weighted by Crippen LogP contribution is 2.19. The van der Waals surface area contributed by atoms with Crippen molar-refractivity contribution < 1.29 is 9.18 Å². The van der Waals surface area contributed by atoms with E-state index in [2.05, 4.69) is 10.2 Å². The molecule has 0 spiro atoms. The molecule has 4 heteroatoms. The first-order chi connectivity index (χ1) is 6.22. The lowest BCUT2D eigenvalue weighted by atomic mass is 10.1. The maximum absolute atomic E-state index is 12.9. The summed E-state index contributed by atoms with van der Waals surface area (Å²) in [5.74, 6) is -0.417. The fraction of sp³-hybridized carbons (Fsp3) is 0.111. The predicted molar refractivity (Wildman–Crippen MR) is 46.2 cm³/mol. The second-order valence-corrected chi connectivity index (χ2v) is 2.86. The maximum atomic E-state index is 12.9. The lowest BCUT2D eigenvalue weighted by Gasteiger charge is -1.93. The van der Waals surface area contributed by atoms with Gasteiger partial charge < -0.3 is 0 Å². The van der Waals surface area contributed by atoms with E-state index >= 15 is 0 Å². The van der Waals surface area contributed by atoms with Crippen LogP contribution in [0.1, 0.15) is 16.1 Å². The molecule has 66 valence electrons. The molecular weight excluding hydrogens is 171 g/mol. The second kappa shape index (κ2) is 2.65. The first-order valence-electron chi connectivity index (χ1n) is 3.82. The minimum atomic E-state index is -0.417. The van der Waals surface area contributed by atoms with Crippen LogP contribution in [0.3, 0.4) is 0 Å². The van der Waals surface area contributed by atoms with Crippen molar-refractivity contribution in [3.63, 3.8) is 0 Å². The summed E-state index contributed by atoms with van der Waals surface area (Å²) in [6.07, 6.45) is 0.603. The van der Waals surface area contributed by atoms with Gasteiger partial charge in [0.2, 0.25) is 0 Å². The van der Waals surface area contributed by atoms with Crippen LogP contribution >= 0.6 is 0 Å². The number of aldehydes is 1. The van der Waals surface area contributed by atoms with Gasteiger partial charge in [-0.1, -0.05) is 0 Å². The molecule has 0 aliphatic rings. The van der Waals surface area contributed by atoms with Gasteiger partial charge in [-0.15, -0.1) is 0 Å². The van der Waals surface area contributed by atoms with Crippen LogP contribution in [0.2, 0.25) is 0 Å². The van der Waals surface area contributed by atoms with E-state index in [1.807, 2.05) is 0 Å². The molecule has 13 heavy (non-hydrogen) atoms. The average Bonchev–Trinajstić information content (AvgIpc) is 2.47. The molecule has 0 aliphatic heterocycles. The third-order valence-electron chi connectivity index (χ3n) is 1.97. The molecule has 0 bridgehead atoms. The van der Waals surface area contributed by atoms with Crippen molar-refractivity contribution in [1.29, 1.82) is 0 Å². The van der Waals surface area contributed by atoms with Crippen LogP contribution in [0.25, 0.3) is 10.9 Å². The number of hydrogen-bond acceptors (Lipinski definition) is 2. The SMILES string of the molecule is Cc1[nH]nc2c(C=O)cc(F)cc12. The summed E-state index contributed by atoms with van der Waals surface area (Å²) in [5.41, 5.74) is 1.56. The monoisotopic (exact) mass is 178 g/mol. The van der Waals surface area contributed by atoms with E-state index < -0.39 is 5.82 Å². The molecule has 0 unspecified atom stereocenters. The molecule has 2 aromatic rings. The maximum Gasteiger partial charge on any atom is 0.152 e. The van der Waals surface area contributed by atoms with Crippen LogP contribution < -0.4 is 0 Å². The minimum Gasteiger partial charge on any atom is -0.298 e. The molecule has 0 aliphatic carbocycles. The van der Waals surface area contributed by atoms with Crippen molar-refractivity contribution in [2.45, 2.75) is 6.92 Å². The number of aromatic nitrogens is 2. The molecule has 0 radical (unpaired) electrons. The van der Waals surface area contributed by atoms with E-state index in [4.69, 9.17) is 0 Å². The van der Waals surface area contributed by atoms with Crippen LogP contribution in [-0.4, -0.2) is 16.5 Å². The van der Waals surface area contributed by atoms with Gasteiger partial charge in [-0.2, -0.15) is 5.10 Å². The Kier molecular flexibility index (Phi) is 1.62. The molecule has 1 N–H and O–H groups in total. The number of rotatable bonds is 1. The fourth-order valence-corrected chi connectivity index (χ4v) is 1.32. The quantitative estimate of drug-likeness (QED) is 0.677. The van der Waals surface area contributed by atoms with Crippen molar-refractivity contribution in [2.75, 3.05) is 0 Å². The fourth-order valence-electron chi connectivity index (χ4n) is 1.32. The van der Waals surface area contributed by atoms with Gasteiger partial charge in [0.05, 0.1) is 0 Å². The number of hydrogen-bond donors (Lipinski definition) is 1. The standard InChI is InChI=1S/C9H7FN2O/c1-5-8-3-7(10)2-6(4-13)9(8)12-11-5/h2-4H,1H3,(H,11,12). The number of carbonyl (C=O) groups excluding carboxylic acids is 1. The Labute approximate surface area is 73.6 Å². The highest BCUT2D eigenvalue weighted by atomic mass is 19.1. The smallest absolute Gasteiger partial charge is 0.152 e. The number of fused-ring (bicyclic) bond motifs is 1. The molecule has 0 saturated heterocycles.